The van der Waals surface area contributed by atoms with E-state index in [0.717, 1.165) is 0 Å². The van der Waals surface area contributed by atoms with Gasteiger partial charge in [-0.15, -0.1) is 0 Å². The van der Waals surface area contributed by atoms with Gasteiger partial charge in [0.15, 0.2) is 0 Å². The van der Waals surface area contributed by atoms with Gasteiger partial charge in [-0.05, 0) is 0 Å². The van der Waals surface area contributed by atoms with Crippen molar-refractivity contribution in [3.63, 3.8) is 0 Å². The van der Waals surface area contributed by atoms with Crippen molar-refractivity contribution in [1.29, 1.82) is 15.8 Å². The second-order valence-corrected chi connectivity index (χ2v) is 1.39. The van der Waals surface area contributed by atoms with Gasteiger partial charge in [0.25, 0.3) is 0 Å². The molecule has 0 fully saturated rings. The first-order valence-electron chi connectivity index (χ1n) is 2.06. The molecule has 50 valence electrons. The van der Waals surface area contributed by atoms with Gasteiger partial charge in [-0.25, -0.2) is 0 Å². The standard InChI is InChI=1S/C5H5BN3O.Li/c6-10-4-5(1-7,2-8)3-9;/h4H2,6H3;/q-1;+1. The predicted molar refractivity (Wildman–Crippen MR) is 35.2 cm³/mol. The predicted octanol–water partition coefficient (Wildman–Crippen LogP) is -4.16. The molecule has 0 atom stereocenters. The molecule has 0 aromatic rings. The molecule has 0 spiro atoms. The van der Waals surface area contributed by atoms with Crippen LogP contribution >= 0.6 is 0 Å². The molecule has 0 radical (unpaired) electrons. The molecule has 0 saturated heterocycles. The molecule has 0 bridgehead atoms. The van der Waals surface area contributed by atoms with Crippen LogP contribution in [0.3, 0.4) is 0 Å². The Morgan fingerprint density at radius 2 is 1.55 bits per heavy atom. The summed E-state index contributed by atoms with van der Waals surface area (Å²) in [7, 11) is -0.293. The second-order valence-electron chi connectivity index (χ2n) is 1.39. The van der Waals surface area contributed by atoms with Crippen molar-refractivity contribution < 1.29 is 23.5 Å². The summed E-state index contributed by atoms with van der Waals surface area (Å²) in [5, 5.41) is 25.1. The minimum atomic E-state index is -1.57. The Kier molecular flexibility index (Phi) is 6.77. The molecule has 0 aliphatic heterocycles. The van der Waals surface area contributed by atoms with Gasteiger partial charge in [0.1, 0.15) is 18.2 Å². The van der Waals surface area contributed by atoms with Gasteiger partial charge in [0.2, 0.25) is 5.41 Å². The van der Waals surface area contributed by atoms with E-state index in [-0.39, 0.29) is 33.5 Å². The fourth-order valence-electron chi connectivity index (χ4n) is 0.172. The molecule has 0 N–H and O–H groups in total. The molecule has 6 heteroatoms. The number of rotatable bonds is 2. The van der Waals surface area contributed by atoms with E-state index in [4.69, 9.17) is 20.4 Å². The van der Waals surface area contributed by atoms with Gasteiger partial charge in [-0.1, -0.05) is 0 Å². The van der Waals surface area contributed by atoms with Crippen molar-refractivity contribution in [2.24, 2.45) is 5.41 Å². The first-order valence-corrected chi connectivity index (χ1v) is 2.06. The maximum absolute atomic E-state index is 8.36. The minimum Gasteiger partial charge on any atom is -0.596 e. The minimum absolute atomic E-state index is 0. The third kappa shape index (κ3) is 3.13. The molecule has 0 aromatic heterocycles. The number of hydrogen-bond acceptors (Lipinski definition) is 4. The molecule has 0 saturated carbocycles. The maximum atomic E-state index is 8.36. The zero-order chi connectivity index (χ0) is 8.04. The van der Waals surface area contributed by atoms with Crippen LogP contribution in [0.5, 0.6) is 0 Å². The molecule has 0 aliphatic carbocycles. The summed E-state index contributed by atoms with van der Waals surface area (Å²) in [5.74, 6) is 0. The second kappa shape index (κ2) is 5.85. The Hall–Kier alpha value is -0.908. The van der Waals surface area contributed by atoms with Crippen molar-refractivity contribution >= 4 is 8.05 Å². The first kappa shape index (κ1) is 12.7. The van der Waals surface area contributed by atoms with Crippen molar-refractivity contribution in [3.05, 3.63) is 0 Å². The first-order chi connectivity index (χ1) is 4.74. The van der Waals surface area contributed by atoms with Gasteiger partial charge in [0, 0.05) is 6.61 Å². The quantitative estimate of drug-likeness (QED) is 0.365. The van der Waals surface area contributed by atoms with Crippen molar-refractivity contribution in [1.82, 2.24) is 0 Å². The van der Waals surface area contributed by atoms with Gasteiger partial charge in [-0.3, -0.25) is 0 Å². The molecule has 0 heterocycles. The summed E-state index contributed by atoms with van der Waals surface area (Å²) in [6.07, 6.45) is 0. The van der Waals surface area contributed by atoms with E-state index in [0.29, 0.717) is 0 Å². The SMILES string of the molecule is [BH3-]OCC(C#N)(C#N)C#N.[Li+]. The van der Waals surface area contributed by atoms with Crippen molar-refractivity contribution in [3.8, 4) is 18.2 Å². The number of nitriles is 3. The summed E-state index contributed by atoms with van der Waals surface area (Å²) >= 11 is 0. The summed E-state index contributed by atoms with van der Waals surface area (Å²) in [6, 6.07) is 4.83. The topological polar surface area (TPSA) is 80.6 Å². The number of hydrogen-bond donors (Lipinski definition) is 0. The van der Waals surface area contributed by atoms with Crippen LogP contribution in [0, 0.1) is 39.4 Å². The van der Waals surface area contributed by atoms with Crippen LogP contribution in [0.25, 0.3) is 0 Å². The molecule has 0 aromatic carbocycles. The van der Waals surface area contributed by atoms with E-state index in [1.165, 1.54) is 0 Å². The zero-order valence-corrected chi connectivity index (χ0v) is 5.46. The molecular weight excluding hydrogens is 136 g/mol. The average molecular weight is 141 g/mol. The normalized spacial score (nSPS) is 8.18. The van der Waals surface area contributed by atoms with Crippen LogP contribution in [-0.2, 0) is 4.65 Å². The molecule has 0 aliphatic rings. The van der Waals surface area contributed by atoms with Crippen molar-refractivity contribution in [2.45, 2.75) is 0 Å². The van der Waals surface area contributed by atoms with E-state index in [1.54, 1.807) is 18.2 Å². The zero-order valence-electron chi connectivity index (χ0n) is 5.46. The Morgan fingerprint density at radius 1 is 1.18 bits per heavy atom. The molecule has 4 nitrogen and oxygen atoms in total. The third-order valence-corrected chi connectivity index (χ3v) is 0.789. The summed E-state index contributed by atoms with van der Waals surface area (Å²) in [4.78, 5) is 0. The summed E-state index contributed by atoms with van der Waals surface area (Å²) in [6.45, 7) is -0.0590. The van der Waals surface area contributed by atoms with Crippen LogP contribution < -0.4 is 18.9 Å². The summed E-state index contributed by atoms with van der Waals surface area (Å²) < 4.78 is 4.76. The fraction of sp³-hybridized carbons (Fsp3) is 0.400. The van der Waals surface area contributed by atoms with E-state index >= 15 is 0 Å². The molecule has 0 unspecified atom stereocenters. The Labute approximate surface area is 78.0 Å². The monoisotopic (exact) mass is 141 g/mol. The fourth-order valence-corrected chi connectivity index (χ4v) is 0.172. The van der Waals surface area contributed by atoms with E-state index < -0.39 is 5.41 Å². The van der Waals surface area contributed by atoms with Gasteiger partial charge < -0.3 is 4.65 Å². The van der Waals surface area contributed by atoms with Gasteiger partial charge in [-0.2, -0.15) is 15.8 Å². The Balaban J connectivity index is 0. The Morgan fingerprint density at radius 3 is 1.64 bits per heavy atom. The van der Waals surface area contributed by atoms with Crippen LogP contribution in [0.1, 0.15) is 0 Å². The van der Waals surface area contributed by atoms with E-state index in [1.807, 2.05) is 0 Å². The molecule has 0 amide bonds. The molecule has 0 rings (SSSR count). The smallest absolute Gasteiger partial charge is 0.596 e. The largest absolute Gasteiger partial charge is 1.00 e. The van der Waals surface area contributed by atoms with Crippen molar-refractivity contribution in [2.75, 3.05) is 6.61 Å². The number of nitrogens with zero attached hydrogens (tertiary/aromatic N) is 3. The van der Waals surface area contributed by atoms with Gasteiger partial charge in [0.05, 0.1) is 8.05 Å². The van der Waals surface area contributed by atoms with Crippen LogP contribution in [-0.4, -0.2) is 14.7 Å². The van der Waals surface area contributed by atoms with E-state index in [9.17, 15) is 0 Å². The molecular formula is C5H5BLiN3O. The van der Waals surface area contributed by atoms with Gasteiger partial charge >= 0.3 is 18.9 Å². The average Bonchev–Trinajstić information content (AvgIpc) is 2.01. The molecule has 11 heavy (non-hydrogen) atoms. The third-order valence-electron chi connectivity index (χ3n) is 0.789. The van der Waals surface area contributed by atoms with Crippen LogP contribution in [0.15, 0.2) is 0 Å². The Bertz CT molecular complexity index is 200. The maximum Gasteiger partial charge on any atom is 1.00 e. The van der Waals surface area contributed by atoms with Crippen LogP contribution in [0.4, 0.5) is 0 Å². The summed E-state index contributed by atoms with van der Waals surface area (Å²) in [5.41, 5.74) is -1.57. The van der Waals surface area contributed by atoms with Crippen LogP contribution in [0.2, 0.25) is 0 Å². The van der Waals surface area contributed by atoms with E-state index in [2.05, 4.69) is 0 Å².